The molecule has 6 heteroatoms. The number of hydrogen-bond donors (Lipinski definition) is 2. The molecule has 82 valence electrons. The van der Waals surface area contributed by atoms with Gasteiger partial charge in [-0.1, -0.05) is 0 Å². The van der Waals surface area contributed by atoms with Crippen LogP contribution in [0.5, 0.6) is 6.01 Å². The predicted molar refractivity (Wildman–Crippen MR) is 51.5 cm³/mol. The van der Waals surface area contributed by atoms with Gasteiger partial charge in [-0.3, -0.25) is 0 Å². The van der Waals surface area contributed by atoms with Crippen molar-refractivity contribution in [3.63, 3.8) is 0 Å². The lowest BCUT2D eigenvalue weighted by molar-refractivity contribution is 0.0924. The van der Waals surface area contributed by atoms with E-state index in [1.165, 1.54) is 0 Å². The van der Waals surface area contributed by atoms with Crippen LogP contribution in [-0.2, 0) is 6.54 Å². The molecule has 0 aromatic carbocycles. The van der Waals surface area contributed by atoms with Crippen LogP contribution in [0.1, 0.15) is 24.7 Å². The van der Waals surface area contributed by atoms with Crippen LogP contribution in [0.3, 0.4) is 0 Å². The second-order valence-electron chi connectivity index (χ2n) is 3.97. The van der Waals surface area contributed by atoms with Crippen LogP contribution in [0.4, 0.5) is 0 Å². The van der Waals surface area contributed by atoms with Gasteiger partial charge in [-0.05, 0) is 19.4 Å². The highest BCUT2D eigenvalue weighted by molar-refractivity contribution is 5.07. The largest absolute Gasteiger partial charge is 0.462 e. The van der Waals surface area contributed by atoms with Gasteiger partial charge in [-0.2, -0.15) is 10.1 Å². The summed E-state index contributed by atoms with van der Waals surface area (Å²) in [7, 11) is 0. The summed E-state index contributed by atoms with van der Waals surface area (Å²) in [5, 5.41) is 17.4. The number of aromatic nitrogens is 3. The SMILES string of the molecule is OC1CCCNC1c1nc2n(n1)CCO2. The first kappa shape index (κ1) is 9.11. The fourth-order valence-electron chi connectivity index (χ4n) is 2.09. The third-order valence-electron chi connectivity index (χ3n) is 2.89. The molecule has 0 saturated carbocycles. The van der Waals surface area contributed by atoms with E-state index in [0.29, 0.717) is 18.4 Å². The Morgan fingerprint density at radius 3 is 3.27 bits per heavy atom. The van der Waals surface area contributed by atoms with Gasteiger partial charge in [0.25, 0.3) is 0 Å². The number of nitrogens with zero attached hydrogens (tertiary/aromatic N) is 3. The molecule has 0 aliphatic carbocycles. The van der Waals surface area contributed by atoms with E-state index in [2.05, 4.69) is 15.4 Å². The van der Waals surface area contributed by atoms with Crippen LogP contribution < -0.4 is 10.1 Å². The van der Waals surface area contributed by atoms with Crippen LogP contribution in [0, 0.1) is 0 Å². The molecule has 0 spiro atoms. The minimum Gasteiger partial charge on any atom is -0.462 e. The lowest BCUT2D eigenvalue weighted by atomic mass is 10.0. The van der Waals surface area contributed by atoms with E-state index in [-0.39, 0.29) is 12.1 Å². The van der Waals surface area contributed by atoms with Crippen molar-refractivity contribution in [3.8, 4) is 6.01 Å². The topological polar surface area (TPSA) is 72.2 Å². The van der Waals surface area contributed by atoms with Gasteiger partial charge in [0, 0.05) is 0 Å². The normalized spacial score (nSPS) is 29.9. The highest BCUT2D eigenvalue weighted by Crippen LogP contribution is 2.24. The zero-order chi connectivity index (χ0) is 10.3. The second kappa shape index (κ2) is 3.46. The summed E-state index contributed by atoms with van der Waals surface area (Å²) < 4.78 is 7.03. The summed E-state index contributed by atoms with van der Waals surface area (Å²) in [4.78, 5) is 4.27. The lowest BCUT2D eigenvalue weighted by Crippen LogP contribution is -2.38. The van der Waals surface area contributed by atoms with Crippen LogP contribution in [-0.4, -0.2) is 39.1 Å². The van der Waals surface area contributed by atoms with Crippen molar-refractivity contribution in [2.75, 3.05) is 13.2 Å². The van der Waals surface area contributed by atoms with Crippen LogP contribution in [0.2, 0.25) is 0 Å². The minimum absolute atomic E-state index is 0.138. The molecule has 0 bridgehead atoms. The molecule has 15 heavy (non-hydrogen) atoms. The molecule has 2 N–H and O–H groups in total. The molecule has 2 unspecified atom stereocenters. The maximum Gasteiger partial charge on any atom is 0.315 e. The molecule has 1 aromatic heterocycles. The number of fused-ring (bicyclic) bond motifs is 1. The predicted octanol–water partition coefficient (Wildman–Crippen LogP) is -0.544. The summed E-state index contributed by atoms with van der Waals surface area (Å²) in [5.74, 6) is 0.650. The van der Waals surface area contributed by atoms with E-state index in [4.69, 9.17) is 4.74 Å². The Bertz CT molecular complexity index is 343. The first-order chi connectivity index (χ1) is 7.34. The van der Waals surface area contributed by atoms with Crippen LogP contribution >= 0.6 is 0 Å². The van der Waals surface area contributed by atoms with Gasteiger partial charge in [-0.15, -0.1) is 0 Å². The van der Waals surface area contributed by atoms with Gasteiger partial charge in [0.15, 0.2) is 5.82 Å². The number of nitrogens with one attached hydrogen (secondary N) is 1. The third kappa shape index (κ3) is 1.49. The van der Waals surface area contributed by atoms with Crippen molar-refractivity contribution < 1.29 is 9.84 Å². The molecule has 2 atom stereocenters. The van der Waals surface area contributed by atoms with Crippen LogP contribution in [0.15, 0.2) is 0 Å². The number of hydrogen-bond acceptors (Lipinski definition) is 5. The van der Waals surface area contributed by atoms with E-state index in [1.807, 2.05) is 0 Å². The Morgan fingerprint density at radius 1 is 1.53 bits per heavy atom. The molecule has 1 saturated heterocycles. The Labute approximate surface area is 87.3 Å². The van der Waals surface area contributed by atoms with Gasteiger partial charge < -0.3 is 15.2 Å². The molecule has 1 aromatic rings. The summed E-state index contributed by atoms with van der Waals surface area (Å²) in [6.07, 6.45) is 1.42. The van der Waals surface area contributed by atoms with Crippen molar-refractivity contribution in [2.24, 2.45) is 0 Å². The number of ether oxygens (including phenoxy) is 1. The fourth-order valence-corrected chi connectivity index (χ4v) is 2.09. The average Bonchev–Trinajstić information content (AvgIpc) is 2.77. The maximum absolute atomic E-state index is 9.82. The molecule has 1 fully saturated rings. The van der Waals surface area contributed by atoms with Crippen molar-refractivity contribution in [3.05, 3.63) is 5.82 Å². The van der Waals surface area contributed by atoms with E-state index >= 15 is 0 Å². The van der Waals surface area contributed by atoms with Crippen molar-refractivity contribution in [2.45, 2.75) is 31.5 Å². The van der Waals surface area contributed by atoms with Crippen LogP contribution in [0.25, 0.3) is 0 Å². The monoisotopic (exact) mass is 210 g/mol. The van der Waals surface area contributed by atoms with Gasteiger partial charge in [-0.25, -0.2) is 4.68 Å². The molecule has 0 radical (unpaired) electrons. The van der Waals surface area contributed by atoms with Gasteiger partial charge in [0.05, 0.1) is 18.7 Å². The first-order valence-corrected chi connectivity index (χ1v) is 5.33. The Morgan fingerprint density at radius 2 is 2.47 bits per heavy atom. The molecular weight excluding hydrogens is 196 g/mol. The smallest absolute Gasteiger partial charge is 0.315 e. The highest BCUT2D eigenvalue weighted by atomic mass is 16.5. The molecule has 0 amide bonds. The fraction of sp³-hybridized carbons (Fsp3) is 0.778. The molecule has 3 rings (SSSR count). The molecule has 6 nitrogen and oxygen atoms in total. The third-order valence-corrected chi connectivity index (χ3v) is 2.89. The van der Waals surface area contributed by atoms with Gasteiger partial charge >= 0.3 is 6.01 Å². The van der Waals surface area contributed by atoms with Crippen molar-refractivity contribution in [1.29, 1.82) is 0 Å². The number of aliphatic hydroxyl groups excluding tert-OH is 1. The van der Waals surface area contributed by atoms with Gasteiger partial charge in [0.2, 0.25) is 0 Å². The molecule has 2 aliphatic rings. The Balaban J connectivity index is 1.85. The molecular formula is C9H14N4O2. The Kier molecular flexibility index (Phi) is 2.10. The van der Waals surface area contributed by atoms with Crippen molar-refractivity contribution >= 4 is 0 Å². The summed E-state index contributed by atoms with van der Waals surface area (Å²) in [5.41, 5.74) is 0. The number of piperidine rings is 1. The van der Waals surface area contributed by atoms with Crippen molar-refractivity contribution in [1.82, 2.24) is 20.1 Å². The lowest BCUT2D eigenvalue weighted by Gasteiger charge is -2.26. The quantitative estimate of drug-likeness (QED) is 0.651. The number of rotatable bonds is 1. The van der Waals surface area contributed by atoms with E-state index in [9.17, 15) is 5.11 Å². The van der Waals surface area contributed by atoms with E-state index in [1.54, 1.807) is 4.68 Å². The highest BCUT2D eigenvalue weighted by Gasteiger charge is 2.29. The zero-order valence-corrected chi connectivity index (χ0v) is 8.39. The Hall–Kier alpha value is -1.14. The van der Waals surface area contributed by atoms with E-state index in [0.717, 1.165) is 25.9 Å². The average molecular weight is 210 g/mol. The second-order valence-corrected chi connectivity index (χ2v) is 3.97. The number of aliphatic hydroxyl groups is 1. The van der Waals surface area contributed by atoms with E-state index < -0.39 is 0 Å². The molecule has 3 heterocycles. The first-order valence-electron chi connectivity index (χ1n) is 5.33. The molecule has 2 aliphatic heterocycles. The standard InChI is InChI=1S/C9H14N4O2/c14-6-2-1-3-10-7(6)8-11-9-13(12-8)4-5-15-9/h6-7,10,14H,1-5H2. The minimum atomic E-state index is -0.387. The zero-order valence-electron chi connectivity index (χ0n) is 8.39. The summed E-state index contributed by atoms with van der Waals surface area (Å²) in [6, 6.07) is 0.435. The maximum atomic E-state index is 9.82. The summed E-state index contributed by atoms with van der Waals surface area (Å²) in [6.45, 7) is 2.31. The summed E-state index contributed by atoms with van der Waals surface area (Å²) >= 11 is 0. The van der Waals surface area contributed by atoms with Gasteiger partial charge in [0.1, 0.15) is 6.61 Å².